The van der Waals surface area contributed by atoms with Gasteiger partial charge >= 0.3 is 0 Å². The largest absolute Gasteiger partial charge is 0.497 e. The summed E-state index contributed by atoms with van der Waals surface area (Å²) in [5.41, 5.74) is 1.85. The van der Waals surface area contributed by atoms with Gasteiger partial charge in [-0.1, -0.05) is 12.1 Å². The fourth-order valence-electron chi connectivity index (χ4n) is 3.49. The van der Waals surface area contributed by atoms with Crippen molar-refractivity contribution in [3.63, 3.8) is 0 Å². The van der Waals surface area contributed by atoms with Crippen molar-refractivity contribution in [1.29, 1.82) is 0 Å². The van der Waals surface area contributed by atoms with Gasteiger partial charge in [0.1, 0.15) is 17.2 Å². The summed E-state index contributed by atoms with van der Waals surface area (Å²) in [7, 11) is 4.83. The summed E-state index contributed by atoms with van der Waals surface area (Å²) in [6.45, 7) is 1.25. The Morgan fingerprint density at radius 2 is 1.74 bits per heavy atom. The van der Waals surface area contributed by atoms with E-state index in [0.29, 0.717) is 23.7 Å². The van der Waals surface area contributed by atoms with Gasteiger partial charge < -0.3 is 19.5 Å². The van der Waals surface area contributed by atoms with Crippen molar-refractivity contribution < 1.29 is 19.0 Å². The molecule has 1 N–H and O–H groups in total. The van der Waals surface area contributed by atoms with Crippen LogP contribution in [0, 0.1) is 0 Å². The number of ether oxygens (including phenoxy) is 3. The maximum Gasteiger partial charge on any atom is 0.238 e. The van der Waals surface area contributed by atoms with Crippen molar-refractivity contribution in [3.05, 3.63) is 48.0 Å². The fraction of sp³-hybridized carbons (Fsp3) is 0.381. The first-order chi connectivity index (χ1) is 13.1. The van der Waals surface area contributed by atoms with Gasteiger partial charge in [0.25, 0.3) is 0 Å². The first-order valence-electron chi connectivity index (χ1n) is 9.04. The Kier molecular flexibility index (Phi) is 6.19. The summed E-state index contributed by atoms with van der Waals surface area (Å²) in [5, 5.41) is 2.95. The second-order valence-corrected chi connectivity index (χ2v) is 6.52. The number of likely N-dealkylation sites (tertiary alicyclic amines) is 1. The molecule has 27 heavy (non-hydrogen) atoms. The third kappa shape index (κ3) is 4.52. The molecule has 1 unspecified atom stereocenters. The second-order valence-electron chi connectivity index (χ2n) is 6.52. The average Bonchev–Trinajstić information content (AvgIpc) is 3.16. The SMILES string of the molecule is COc1ccc(C2CCCN2CC(=O)Nc2ccc(OC)cc2OC)cc1. The van der Waals surface area contributed by atoms with Gasteiger partial charge in [-0.2, -0.15) is 0 Å². The predicted octanol–water partition coefficient (Wildman–Crippen LogP) is 3.49. The normalized spacial score (nSPS) is 16.8. The highest BCUT2D eigenvalue weighted by Gasteiger charge is 2.27. The van der Waals surface area contributed by atoms with Crippen molar-refractivity contribution in [2.75, 3.05) is 39.7 Å². The molecule has 0 aliphatic carbocycles. The smallest absolute Gasteiger partial charge is 0.238 e. The summed E-state index contributed by atoms with van der Waals surface area (Å²) in [6, 6.07) is 13.7. The molecule has 0 bridgehead atoms. The minimum Gasteiger partial charge on any atom is -0.497 e. The molecule has 0 spiro atoms. The predicted molar refractivity (Wildman–Crippen MR) is 105 cm³/mol. The van der Waals surface area contributed by atoms with Crippen LogP contribution in [0.1, 0.15) is 24.4 Å². The quantitative estimate of drug-likeness (QED) is 0.808. The van der Waals surface area contributed by atoms with E-state index in [0.717, 1.165) is 25.1 Å². The van der Waals surface area contributed by atoms with Crippen LogP contribution in [0.4, 0.5) is 5.69 Å². The minimum atomic E-state index is -0.0566. The molecule has 6 heteroatoms. The van der Waals surface area contributed by atoms with Crippen LogP contribution in [-0.4, -0.2) is 45.2 Å². The van der Waals surface area contributed by atoms with Crippen LogP contribution >= 0.6 is 0 Å². The average molecular weight is 370 g/mol. The number of anilines is 1. The van der Waals surface area contributed by atoms with Gasteiger partial charge in [-0.3, -0.25) is 9.69 Å². The van der Waals surface area contributed by atoms with E-state index < -0.39 is 0 Å². The number of nitrogens with one attached hydrogen (secondary N) is 1. The lowest BCUT2D eigenvalue weighted by Crippen LogP contribution is -2.33. The monoisotopic (exact) mass is 370 g/mol. The van der Waals surface area contributed by atoms with E-state index in [-0.39, 0.29) is 11.9 Å². The molecule has 1 heterocycles. The Morgan fingerprint density at radius 3 is 2.41 bits per heavy atom. The van der Waals surface area contributed by atoms with Gasteiger partial charge in [-0.15, -0.1) is 0 Å². The Morgan fingerprint density at radius 1 is 1.04 bits per heavy atom. The Labute approximate surface area is 160 Å². The lowest BCUT2D eigenvalue weighted by molar-refractivity contribution is -0.117. The van der Waals surface area contributed by atoms with E-state index in [1.54, 1.807) is 39.5 Å². The van der Waals surface area contributed by atoms with Crippen molar-refractivity contribution >= 4 is 11.6 Å². The molecule has 1 saturated heterocycles. The summed E-state index contributed by atoms with van der Waals surface area (Å²) < 4.78 is 15.8. The zero-order valence-electron chi connectivity index (χ0n) is 16.0. The van der Waals surface area contributed by atoms with Crippen molar-refractivity contribution in [3.8, 4) is 17.2 Å². The van der Waals surface area contributed by atoms with Crippen molar-refractivity contribution in [2.24, 2.45) is 0 Å². The van der Waals surface area contributed by atoms with Crippen LogP contribution in [0.2, 0.25) is 0 Å². The number of carbonyl (C=O) groups is 1. The Balaban J connectivity index is 1.66. The lowest BCUT2D eigenvalue weighted by Gasteiger charge is -2.24. The molecule has 2 aromatic carbocycles. The zero-order chi connectivity index (χ0) is 19.2. The molecule has 1 aliphatic rings. The van der Waals surface area contributed by atoms with Crippen LogP contribution in [0.15, 0.2) is 42.5 Å². The number of hydrogen-bond acceptors (Lipinski definition) is 5. The number of nitrogens with zero attached hydrogens (tertiary/aromatic N) is 1. The summed E-state index contributed by atoms with van der Waals surface area (Å²) in [6.07, 6.45) is 2.13. The van der Waals surface area contributed by atoms with Crippen molar-refractivity contribution in [2.45, 2.75) is 18.9 Å². The molecule has 0 saturated carbocycles. The molecule has 0 aromatic heterocycles. The van der Waals surface area contributed by atoms with Gasteiger partial charge in [0.15, 0.2) is 0 Å². The number of carbonyl (C=O) groups excluding carboxylic acids is 1. The number of benzene rings is 2. The highest BCUT2D eigenvalue weighted by atomic mass is 16.5. The zero-order valence-corrected chi connectivity index (χ0v) is 16.0. The third-order valence-corrected chi connectivity index (χ3v) is 4.89. The molecule has 6 nitrogen and oxygen atoms in total. The standard InChI is InChI=1S/C21H26N2O4/c1-25-16-8-6-15(7-9-16)19-5-4-12-23(19)14-21(24)22-18-11-10-17(26-2)13-20(18)27-3/h6-11,13,19H,4-5,12,14H2,1-3H3,(H,22,24). The summed E-state index contributed by atoms with van der Waals surface area (Å²) >= 11 is 0. The van der Waals surface area contributed by atoms with Crippen LogP contribution in [0.25, 0.3) is 0 Å². The van der Waals surface area contributed by atoms with Crippen LogP contribution in [0.3, 0.4) is 0 Å². The van der Waals surface area contributed by atoms with E-state index in [2.05, 4.69) is 22.3 Å². The fourth-order valence-corrected chi connectivity index (χ4v) is 3.49. The minimum absolute atomic E-state index is 0.0566. The molecule has 3 rings (SSSR count). The summed E-state index contributed by atoms with van der Waals surface area (Å²) in [4.78, 5) is 14.8. The van der Waals surface area contributed by atoms with E-state index in [9.17, 15) is 4.79 Å². The molecule has 144 valence electrons. The molecule has 1 aliphatic heterocycles. The molecule has 0 radical (unpaired) electrons. The molecule has 1 atom stereocenters. The molecule has 1 amide bonds. The van der Waals surface area contributed by atoms with E-state index in [4.69, 9.17) is 14.2 Å². The van der Waals surface area contributed by atoms with Gasteiger partial charge in [-0.05, 0) is 49.2 Å². The first kappa shape index (κ1) is 19.0. The number of methoxy groups -OCH3 is 3. The highest BCUT2D eigenvalue weighted by molar-refractivity contribution is 5.93. The number of rotatable bonds is 7. The molecular formula is C21H26N2O4. The number of amides is 1. The molecule has 1 fully saturated rings. The van der Waals surface area contributed by atoms with Crippen LogP contribution in [-0.2, 0) is 4.79 Å². The van der Waals surface area contributed by atoms with E-state index >= 15 is 0 Å². The van der Waals surface area contributed by atoms with E-state index in [1.807, 2.05) is 12.1 Å². The van der Waals surface area contributed by atoms with Crippen LogP contribution < -0.4 is 19.5 Å². The molecular weight excluding hydrogens is 344 g/mol. The lowest BCUT2D eigenvalue weighted by atomic mass is 10.0. The van der Waals surface area contributed by atoms with Gasteiger partial charge in [0.05, 0.1) is 33.6 Å². The van der Waals surface area contributed by atoms with Crippen molar-refractivity contribution in [1.82, 2.24) is 4.90 Å². The second kappa shape index (κ2) is 8.77. The van der Waals surface area contributed by atoms with Gasteiger partial charge in [0.2, 0.25) is 5.91 Å². The van der Waals surface area contributed by atoms with Gasteiger partial charge in [-0.25, -0.2) is 0 Å². The highest BCUT2D eigenvalue weighted by Crippen LogP contribution is 2.33. The molecule has 2 aromatic rings. The summed E-state index contributed by atoms with van der Waals surface area (Å²) in [5.74, 6) is 2.05. The Hall–Kier alpha value is -2.73. The number of hydrogen-bond donors (Lipinski definition) is 1. The topological polar surface area (TPSA) is 60.0 Å². The maximum absolute atomic E-state index is 12.6. The van der Waals surface area contributed by atoms with Gasteiger partial charge in [0, 0.05) is 12.1 Å². The first-order valence-corrected chi connectivity index (χ1v) is 9.04. The van der Waals surface area contributed by atoms with Crippen LogP contribution in [0.5, 0.6) is 17.2 Å². The maximum atomic E-state index is 12.6. The Bertz CT molecular complexity index is 776. The third-order valence-electron chi connectivity index (χ3n) is 4.89. The van der Waals surface area contributed by atoms with E-state index in [1.165, 1.54) is 5.56 Å².